The van der Waals surface area contributed by atoms with Gasteiger partial charge in [-0.3, -0.25) is 4.98 Å². The first-order valence-electron chi connectivity index (χ1n) is 5.88. The highest BCUT2D eigenvalue weighted by molar-refractivity contribution is 9.10. The summed E-state index contributed by atoms with van der Waals surface area (Å²) < 4.78 is 6.44. The van der Waals surface area contributed by atoms with Gasteiger partial charge in [0, 0.05) is 16.7 Å². The van der Waals surface area contributed by atoms with Gasteiger partial charge in [-0.2, -0.15) is 0 Å². The smallest absolute Gasteiger partial charge is 0.328 e. The normalized spacial score (nSPS) is 10.7. The lowest BCUT2D eigenvalue weighted by atomic mass is 10.2. The van der Waals surface area contributed by atoms with Crippen molar-refractivity contribution in [2.45, 2.75) is 6.61 Å². The monoisotopic (exact) mass is 333 g/mol. The molecule has 0 amide bonds. The molecule has 0 saturated carbocycles. The zero-order valence-electron chi connectivity index (χ0n) is 10.5. The van der Waals surface area contributed by atoms with Gasteiger partial charge in [-0.15, -0.1) is 0 Å². The van der Waals surface area contributed by atoms with Crippen molar-refractivity contribution in [1.29, 1.82) is 0 Å². The SMILES string of the molecule is O=C(O)/C=C/c1cc(OCc2ccccn2)ccc1Br. The molecule has 0 aliphatic carbocycles. The molecule has 2 aromatic rings. The number of aliphatic carboxylic acids is 1. The van der Waals surface area contributed by atoms with E-state index in [1.165, 1.54) is 6.08 Å². The molecule has 1 N–H and O–H groups in total. The van der Waals surface area contributed by atoms with Crippen LogP contribution in [-0.4, -0.2) is 16.1 Å². The largest absolute Gasteiger partial charge is 0.487 e. The molecule has 4 nitrogen and oxygen atoms in total. The molecule has 1 aromatic heterocycles. The molecule has 2 rings (SSSR count). The van der Waals surface area contributed by atoms with Gasteiger partial charge in [-0.05, 0) is 42.0 Å². The van der Waals surface area contributed by atoms with Gasteiger partial charge < -0.3 is 9.84 Å². The van der Waals surface area contributed by atoms with Gasteiger partial charge in [0.15, 0.2) is 0 Å². The van der Waals surface area contributed by atoms with Gasteiger partial charge in [0.25, 0.3) is 0 Å². The molecular formula is C15H12BrNO3. The highest BCUT2D eigenvalue weighted by Crippen LogP contribution is 2.24. The van der Waals surface area contributed by atoms with Crippen molar-refractivity contribution in [3.8, 4) is 5.75 Å². The zero-order chi connectivity index (χ0) is 14.4. The first-order chi connectivity index (χ1) is 9.65. The van der Waals surface area contributed by atoms with Gasteiger partial charge in [-0.1, -0.05) is 22.0 Å². The lowest BCUT2D eigenvalue weighted by Crippen LogP contribution is -1.97. The molecular weight excluding hydrogens is 322 g/mol. The van der Waals surface area contributed by atoms with E-state index in [2.05, 4.69) is 20.9 Å². The van der Waals surface area contributed by atoms with Crippen LogP contribution in [-0.2, 0) is 11.4 Å². The predicted octanol–water partition coefficient (Wildman–Crippen LogP) is 3.52. The van der Waals surface area contributed by atoms with Crippen LogP contribution in [0.3, 0.4) is 0 Å². The summed E-state index contributed by atoms with van der Waals surface area (Å²) in [5.74, 6) is -0.333. The number of hydrogen-bond donors (Lipinski definition) is 1. The fraction of sp³-hybridized carbons (Fsp3) is 0.0667. The Morgan fingerprint density at radius 1 is 1.35 bits per heavy atom. The highest BCUT2D eigenvalue weighted by Gasteiger charge is 2.02. The second-order valence-electron chi connectivity index (χ2n) is 3.96. The summed E-state index contributed by atoms with van der Waals surface area (Å²) in [6.45, 7) is 0.366. The minimum absolute atomic E-state index is 0.366. The number of carboxylic acids is 1. The summed E-state index contributed by atoms with van der Waals surface area (Å²) in [6, 6.07) is 11.0. The van der Waals surface area contributed by atoms with Crippen LogP contribution in [0.5, 0.6) is 5.75 Å². The summed E-state index contributed by atoms with van der Waals surface area (Å²) in [7, 11) is 0. The number of aromatic nitrogens is 1. The van der Waals surface area contributed by atoms with Gasteiger partial charge >= 0.3 is 5.97 Å². The summed E-state index contributed by atoms with van der Waals surface area (Å²) in [6.07, 6.45) is 4.31. The third-order valence-electron chi connectivity index (χ3n) is 2.49. The van der Waals surface area contributed by atoms with E-state index >= 15 is 0 Å². The predicted molar refractivity (Wildman–Crippen MR) is 79.4 cm³/mol. The fourth-order valence-corrected chi connectivity index (χ4v) is 1.92. The molecule has 1 aromatic carbocycles. The van der Waals surface area contributed by atoms with Crippen LogP contribution < -0.4 is 4.74 Å². The van der Waals surface area contributed by atoms with Gasteiger partial charge in [0.1, 0.15) is 12.4 Å². The average Bonchev–Trinajstić information content (AvgIpc) is 2.46. The Kier molecular flexibility index (Phi) is 4.90. The maximum Gasteiger partial charge on any atom is 0.328 e. The molecule has 0 aliphatic rings. The molecule has 0 saturated heterocycles. The number of benzene rings is 1. The molecule has 0 fully saturated rings. The van der Waals surface area contributed by atoms with Gasteiger partial charge in [0.05, 0.1) is 5.69 Å². The van der Waals surface area contributed by atoms with E-state index in [4.69, 9.17) is 9.84 Å². The first-order valence-corrected chi connectivity index (χ1v) is 6.68. The van der Waals surface area contributed by atoms with E-state index in [0.717, 1.165) is 21.8 Å². The Morgan fingerprint density at radius 3 is 2.90 bits per heavy atom. The van der Waals surface area contributed by atoms with Crippen molar-refractivity contribution in [2.75, 3.05) is 0 Å². The van der Waals surface area contributed by atoms with E-state index in [9.17, 15) is 4.79 Å². The molecule has 0 unspecified atom stereocenters. The molecule has 5 heteroatoms. The van der Waals surface area contributed by atoms with Crippen LogP contribution in [0, 0.1) is 0 Å². The van der Waals surface area contributed by atoms with Crippen LogP contribution >= 0.6 is 15.9 Å². The van der Waals surface area contributed by atoms with Crippen molar-refractivity contribution in [2.24, 2.45) is 0 Å². The third-order valence-corrected chi connectivity index (χ3v) is 3.21. The highest BCUT2D eigenvalue weighted by atomic mass is 79.9. The topological polar surface area (TPSA) is 59.4 Å². The Labute approximate surface area is 124 Å². The summed E-state index contributed by atoms with van der Waals surface area (Å²) in [5, 5.41) is 8.65. The maximum atomic E-state index is 10.5. The average molecular weight is 334 g/mol. The Morgan fingerprint density at radius 2 is 2.20 bits per heavy atom. The number of carboxylic acid groups (broad SMARTS) is 1. The minimum Gasteiger partial charge on any atom is -0.487 e. The van der Waals surface area contributed by atoms with Crippen molar-refractivity contribution >= 4 is 28.0 Å². The van der Waals surface area contributed by atoms with Crippen LogP contribution in [0.25, 0.3) is 6.08 Å². The van der Waals surface area contributed by atoms with Crippen molar-refractivity contribution < 1.29 is 14.6 Å². The molecule has 0 spiro atoms. The van der Waals surface area contributed by atoms with Gasteiger partial charge in [-0.25, -0.2) is 4.79 Å². The molecule has 0 aliphatic heterocycles. The molecule has 20 heavy (non-hydrogen) atoms. The van der Waals surface area contributed by atoms with Crippen LogP contribution in [0.15, 0.2) is 53.1 Å². The van der Waals surface area contributed by atoms with Crippen molar-refractivity contribution in [3.63, 3.8) is 0 Å². The molecule has 102 valence electrons. The second-order valence-corrected chi connectivity index (χ2v) is 4.82. The lowest BCUT2D eigenvalue weighted by molar-refractivity contribution is -0.131. The zero-order valence-corrected chi connectivity index (χ0v) is 12.1. The van der Waals surface area contributed by atoms with Crippen LogP contribution in [0.2, 0.25) is 0 Å². The summed E-state index contributed by atoms with van der Waals surface area (Å²) >= 11 is 3.36. The Balaban J connectivity index is 2.09. The molecule has 0 atom stereocenters. The van der Waals surface area contributed by atoms with Crippen molar-refractivity contribution in [1.82, 2.24) is 4.98 Å². The maximum absolute atomic E-state index is 10.5. The van der Waals surface area contributed by atoms with E-state index in [1.807, 2.05) is 30.3 Å². The van der Waals surface area contributed by atoms with E-state index in [1.54, 1.807) is 12.3 Å². The Bertz CT molecular complexity index is 626. The van der Waals surface area contributed by atoms with E-state index in [0.29, 0.717) is 12.4 Å². The van der Waals surface area contributed by atoms with Crippen LogP contribution in [0.1, 0.15) is 11.3 Å². The standard InChI is InChI=1S/C15H12BrNO3/c16-14-6-5-13(9-11(14)4-7-15(18)19)20-10-12-3-1-2-8-17-12/h1-9H,10H2,(H,18,19)/b7-4+. The van der Waals surface area contributed by atoms with E-state index < -0.39 is 5.97 Å². The summed E-state index contributed by atoms with van der Waals surface area (Å²) in [5.41, 5.74) is 1.57. The minimum atomic E-state index is -0.989. The molecule has 1 heterocycles. The second kappa shape index (κ2) is 6.86. The number of ether oxygens (including phenoxy) is 1. The first kappa shape index (κ1) is 14.3. The van der Waals surface area contributed by atoms with Crippen LogP contribution in [0.4, 0.5) is 0 Å². The number of carbonyl (C=O) groups is 1. The van der Waals surface area contributed by atoms with Gasteiger partial charge in [0.2, 0.25) is 0 Å². The fourth-order valence-electron chi connectivity index (χ4n) is 1.54. The van der Waals surface area contributed by atoms with E-state index in [-0.39, 0.29) is 0 Å². The third kappa shape index (κ3) is 4.20. The number of rotatable bonds is 5. The quantitative estimate of drug-likeness (QED) is 0.850. The Hall–Kier alpha value is -2.14. The molecule has 0 bridgehead atoms. The lowest BCUT2D eigenvalue weighted by Gasteiger charge is -2.07. The number of halogens is 1. The number of hydrogen-bond acceptors (Lipinski definition) is 3. The number of nitrogens with zero attached hydrogens (tertiary/aromatic N) is 1. The molecule has 0 radical (unpaired) electrons. The van der Waals surface area contributed by atoms with Crippen molar-refractivity contribution in [3.05, 3.63) is 64.4 Å². The number of pyridine rings is 1. The summed E-state index contributed by atoms with van der Waals surface area (Å²) in [4.78, 5) is 14.7.